The molecule has 1 aromatic rings. The molecule has 0 saturated carbocycles. The van der Waals surface area contributed by atoms with Crippen molar-refractivity contribution in [3.05, 3.63) is 24.3 Å². The molecule has 0 spiro atoms. The summed E-state index contributed by atoms with van der Waals surface area (Å²) >= 11 is 0. The Hall–Kier alpha value is -1.63. The van der Waals surface area contributed by atoms with Crippen LogP contribution < -0.4 is 16.4 Å². The highest BCUT2D eigenvalue weighted by Gasteiger charge is 2.14. The van der Waals surface area contributed by atoms with Crippen molar-refractivity contribution >= 4 is 35.6 Å². The summed E-state index contributed by atoms with van der Waals surface area (Å²) in [5, 5.41) is 5.73. The molecule has 1 atom stereocenters. The Kier molecular flexibility index (Phi) is 11.0. The third-order valence-corrected chi connectivity index (χ3v) is 4.69. The number of likely N-dealkylation sites (tertiary alicyclic amines) is 1. The minimum Gasteiger partial charge on any atom is -0.325 e. The Labute approximate surface area is 168 Å². The van der Waals surface area contributed by atoms with Gasteiger partial charge in [-0.3, -0.25) is 14.5 Å². The second kappa shape index (κ2) is 12.7. The molecular weight excluding hydrogens is 364 g/mol. The number of benzene rings is 1. The SMILES string of the molecule is CCCC(N)C(=O)Nc1ccc(NC(=O)CN2CCCCCCC2)cc1.Cl. The van der Waals surface area contributed by atoms with E-state index >= 15 is 0 Å². The first kappa shape index (κ1) is 23.4. The molecule has 1 aliphatic heterocycles. The van der Waals surface area contributed by atoms with Gasteiger partial charge in [0, 0.05) is 11.4 Å². The van der Waals surface area contributed by atoms with Crippen molar-refractivity contribution in [3.63, 3.8) is 0 Å². The first-order chi connectivity index (χ1) is 12.6. The van der Waals surface area contributed by atoms with Gasteiger partial charge in [-0.05, 0) is 56.6 Å². The Balaban J connectivity index is 0.00000364. The van der Waals surface area contributed by atoms with Crippen molar-refractivity contribution in [2.75, 3.05) is 30.3 Å². The summed E-state index contributed by atoms with van der Waals surface area (Å²) in [7, 11) is 0. The number of carbonyl (C=O) groups is 2. The molecule has 1 saturated heterocycles. The smallest absolute Gasteiger partial charge is 0.241 e. The zero-order chi connectivity index (χ0) is 18.8. The Morgan fingerprint density at radius 2 is 1.52 bits per heavy atom. The maximum Gasteiger partial charge on any atom is 0.241 e. The van der Waals surface area contributed by atoms with Gasteiger partial charge in [0.15, 0.2) is 0 Å². The number of nitrogens with one attached hydrogen (secondary N) is 2. The average Bonchev–Trinajstić information content (AvgIpc) is 2.59. The van der Waals surface area contributed by atoms with Crippen LogP contribution in [0, 0.1) is 0 Å². The fourth-order valence-electron chi connectivity index (χ4n) is 3.19. The molecule has 0 aromatic heterocycles. The molecular formula is C20H33ClN4O2. The summed E-state index contributed by atoms with van der Waals surface area (Å²) in [6, 6.07) is 6.67. The second-order valence-corrected chi connectivity index (χ2v) is 7.05. The van der Waals surface area contributed by atoms with E-state index in [-0.39, 0.29) is 24.2 Å². The summed E-state index contributed by atoms with van der Waals surface area (Å²) in [4.78, 5) is 26.4. The van der Waals surface area contributed by atoms with E-state index in [1.165, 1.54) is 32.1 Å². The van der Waals surface area contributed by atoms with E-state index in [1.54, 1.807) is 24.3 Å². The number of hydrogen-bond acceptors (Lipinski definition) is 4. The highest BCUT2D eigenvalue weighted by Crippen LogP contribution is 2.15. The quantitative estimate of drug-likeness (QED) is 0.659. The van der Waals surface area contributed by atoms with Crippen LogP contribution in [-0.4, -0.2) is 42.4 Å². The van der Waals surface area contributed by atoms with Gasteiger partial charge in [-0.15, -0.1) is 12.4 Å². The van der Waals surface area contributed by atoms with E-state index in [1.807, 2.05) is 6.92 Å². The fraction of sp³-hybridized carbons (Fsp3) is 0.600. The number of rotatable bonds is 7. The fourth-order valence-corrected chi connectivity index (χ4v) is 3.19. The molecule has 0 aliphatic carbocycles. The van der Waals surface area contributed by atoms with Crippen LogP contribution in [-0.2, 0) is 9.59 Å². The molecule has 1 heterocycles. The topological polar surface area (TPSA) is 87.5 Å². The Bertz CT molecular complexity index is 572. The lowest BCUT2D eigenvalue weighted by molar-refractivity contribution is -0.118. The van der Waals surface area contributed by atoms with Gasteiger partial charge in [0.1, 0.15) is 0 Å². The summed E-state index contributed by atoms with van der Waals surface area (Å²) in [5.74, 6) is -0.173. The molecule has 2 rings (SSSR count). The number of nitrogens with two attached hydrogens (primary N) is 1. The lowest BCUT2D eigenvalue weighted by Crippen LogP contribution is -2.35. The molecule has 0 bridgehead atoms. The van der Waals surface area contributed by atoms with Crippen molar-refractivity contribution in [3.8, 4) is 0 Å². The van der Waals surface area contributed by atoms with Crippen LogP contribution in [0.5, 0.6) is 0 Å². The van der Waals surface area contributed by atoms with Crippen LogP contribution in [0.25, 0.3) is 0 Å². The lowest BCUT2D eigenvalue weighted by atomic mass is 10.1. The second-order valence-electron chi connectivity index (χ2n) is 7.05. The zero-order valence-electron chi connectivity index (χ0n) is 16.2. The van der Waals surface area contributed by atoms with E-state index in [0.29, 0.717) is 18.7 Å². The van der Waals surface area contributed by atoms with Crippen molar-refractivity contribution in [2.24, 2.45) is 5.73 Å². The Morgan fingerprint density at radius 1 is 1.00 bits per heavy atom. The van der Waals surface area contributed by atoms with E-state index in [9.17, 15) is 9.59 Å². The summed E-state index contributed by atoms with van der Waals surface area (Å²) in [6.45, 7) is 4.43. The summed E-state index contributed by atoms with van der Waals surface area (Å²) in [6.07, 6.45) is 7.70. The highest BCUT2D eigenvalue weighted by atomic mass is 35.5. The van der Waals surface area contributed by atoms with E-state index in [4.69, 9.17) is 5.73 Å². The molecule has 1 aromatic carbocycles. The molecule has 1 aliphatic rings. The predicted octanol–water partition coefficient (Wildman–Crippen LogP) is 3.38. The standard InChI is InChI=1S/C20H32N4O2.ClH/c1-2-8-18(21)20(26)23-17-11-9-16(10-12-17)22-19(25)15-24-13-6-4-3-5-7-14-24;/h9-12,18H,2-8,13-15,21H2,1H3,(H,22,25)(H,23,26);1H. The van der Waals surface area contributed by atoms with Gasteiger partial charge in [-0.25, -0.2) is 0 Å². The molecule has 2 amide bonds. The summed E-state index contributed by atoms with van der Waals surface area (Å²) in [5.41, 5.74) is 7.23. The van der Waals surface area contributed by atoms with Gasteiger partial charge in [-0.2, -0.15) is 0 Å². The van der Waals surface area contributed by atoms with E-state index in [2.05, 4.69) is 15.5 Å². The van der Waals surface area contributed by atoms with Crippen LogP contribution in [0.15, 0.2) is 24.3 Å². The predicted molar refractivity (Wildman–Crippen MR) is 113 cm³/mol. The molecule has 0 radical (unpaired) electrons. The van der Waals surface area contributed by atoms with Gasteiger partial charge in [0.25, 0.3) is 0 Å². The monoisotopic (exact) mass is 396 g/mol. The van der Waals surface area contributed by atoms with Crippen LogP contribution in [0.2, 0.25) is 0 Å². The molecule has 4 N–H and O–H groups in total. The van der Waals surface area contributed by atoms with Gasteiger partial charge < -0.3 is 16.4 Å². The highest BCUT2D eigenvalue weighted by molar-refractivity contribution is 5.95. The van der Waals surface area contributed by atoms with Crippen molar-refractivity contribution < 1.29 is 9.59 Å². The number of halogens is 1. The molecule has 7 heteroatoms. The van der Waals surface area contributed by atoms with Gasteiger partial charge in [0.05, 0.1) is 12.6 Å². The van der Waals surface area contributed by atoms with Crippen molar-refractivity contribution in [1.29, 1.82) is 0 Å². The normalized spacial score (nSPS) is 16.4. The summed E-state index contributed by atoms with van der Waals surface area (Å²) < 4.78 is 0. The maximum atomic E-state index is 12.3. The number of nitrogens with zero attached hydrogens (tertiary/aromatic N) is 1. The van der Waals surface area contributed by atoms with Gasteiger partial charge in [0.2, 0.25) is 11.8 Å². The third-order valence-electron chi connectivity index (χ3n) is 4.69. The lowest BCUT2D eigenvalue weighted by Gasteiger charge is -2.23. The van der Waals surface area contributed by atoms with Crippen LogP contribution in [0.1, 0.15) is 51.9 Å². The minimum atomic E-state index is -0.489. The molecule has 1 unspecified atom stereocenters. The van der Waals surface area contributed by atoms with Crippen LogP contribution in [0.4, 0.5) is 11.4 Å². The first-order valence-corrected chi connectivity index (χ1v) is 9.77. The number of amides is 2. The average molecular weight is 397 g/mol. The van der Waals surface area contributed by atoms with Gasteiger partial charge in [-0.1, -0.05) is 32.6 Å². The number of carbonyl (C=O) groups excluding carboxylic acids is 2. The van der Waals surface area contributed by atoms with E-state index < -0.39 is 6.04 Å². The minimum absolute atomic E-state index is 0. The first-order valence-electron chi connectivity index (χ1n) is 9.77. The molecule has 1 fully saturated rings. The maximum absolute atomic E-state index is 12.3. The zero-order valence-corrected chi connectivity index (χ0v) is 17.0. The van der Waals surface area contributed by atoms with Crippen LogP contribution >= 0.6 is 12.4 Å². The van der Waals surface area contributed by atoms with E-state index in [0.717, 1.165) is 25.2 Å². The van der Waals surface area contributed by atoms with Crippen molar-refractivity contribution in [1.82, 2.24) is 4.90 Å². The van der Waals surface area contributed by atoms with Crippen LogP contribution in [0.3, 0.4) is 0 Å². The molecule has 6 nitrogen and oxygen atoms in total. The van der Waals surface area contributed by atoms with Crippen molar-refractivity contribution in [2.45, 2.75) is 57.9 Å². The number of hydrogen-bond donors (Lipinski definition) is 3. The third kappa shape index (κ3) is 8.73. The van der Waals surface area contributed by atoms with Gasteiger partial charge >= 0.3 is 0 Å². The largest absolute Gasteiger partial charge is 0.325 e. The Morgan fingerprint density at radius 3 is 2.07 bits per heavy atom. The number of anilines is 2. The molecule has 152 valence electrons. The molecule has 27 heavy (non-hydrogen) atoms.